The number of pyridine rings is 1. The summed E-state index contributed by atoms with van der Waals surface area (Å²) < 4.78 is 1.01. The fraction of sp³-hybridized carbons (Fsp3) is 0.417. The lowest BCUT2D eigenvalue weighted by Crippen LogP contribution is -2.27. The van der Waals surface area contributed by atoms with E-state index in [1.165, 1.54) is 5.56 Å². The maximum Gasteiger partial charge on any atom is 0.0410 e. The van der Waals surface area contributed by atoms with E-state index >= 15 is 0 Å². The summed E-state index contributed by atoms with van der Waals surface area (Å²) in [6.45, 7) is 2.95. The average Bonchev–Trinajstić information content (AvgIpc) is 2.24. The maximum atomic E-state index is 5.29. The van der Waals surface area contributed by atoms with Crippen LogP contribution in [0.3, 0.4) is 0 Å². The van der Waals surface area contributed by atoms with Crippen LogP contribution in [0, 0.1) is 12.3 Å². The van der Waals surface area contributed by atoms with Gasteiger partial charge in [-0.1, -0.05) is 6.92 Å². The molecule has 0 aliphatic rings. The van der Waals surface area contributed by atoms with Crippen LogP contribution in [0.5, 0.6) is 0 Å². The monoisotopic (exact) mass is 266 g/mol. The molecule has 0 amide bonds. The van der Waals surface area contributed by atoms with E-state index in [-0.39, 0.29) is 0 Å². The summed E-state index contributed by atoms with van der Waals surface area (Å²) in [6, 6.07) is 2.46. The van der Waals surface area contributed by atoms with Gasteiger partial charge in [0.15, 0.2) is 0 Å². The minimum Gasteiger partial charge on any atom is -0.309 e. The van der Waals surface area contributed by atoms with Crippen LogP contribution in [0.2, 0.25) is 0 Å². The van der Waals surface area contributed by atoms with Crippen molar-refractivity contribution < 1.29 is 0 Å². The minimum absolute atomic E-state index is 0.397. The molecule has 0 aromatic carbocycles. The third-order valence-corrected chi connectivity index (χ3v) is 2.65. The summed E-state index contributed by atoms with van der Waals surface area (Å²) in [5.74, 6) is 2.68. The first-order valence-electron chi connectivity index (χ1n) is 5.02. The number of terminal acetylenes is 1. The highest BCUT2D eigenvalue weighted by Crippen LogP contribution is 2.09. The quantitative estimate of drug-likeness (QED) is 0.830. The molecular formula is C12H15BrN2. The molecule has 0 saturated carbocycles. The third kappa shape index (κ3) is 4.46. The van der Waals surface area contributed by atoms with Crippen molar-refractivity contribution in [1.82, 2.24) is 10.3 Å². The predicted octanol–water partition coefficient (Wildman–Crippen LogP) is 2.74. The van der Waals surface area contributed by atoms with Gasteiger partial charge in [0.25, 0.3) is 0 Å². The summed E-state index contributed by atoms with van der Waals surface area (Å²) in [7, 11) is 0. The Bertz CT molecular complexity index is 344. The van der Waals surface area contributed by atoms with Gasteiger partial charge in [-0.15, -0.1) is 12.3 Å². The molecule has 2 nitrogen and oxygen atoms in total. The van der Waals surface area contributed by atoms with Crippen LogP contribution in [-0.4, -0.2) is 11.0 Å². The summed E-state index contributed by atoms with van der Waals surface area (Å²) in [6.07, 6.45) is 10.8. The molecule has 0 aliphatic carbocycles. The van der Waals surface area contributed by atoms with Crippen LogP contribution in [0.15, 0.2) is 22.9 Å². The second kappa shape index (κ2) is 6.60. The molecule has 1 aromatic heterocycles. The van der Waals surface area contributed by atoms with Gasteiger partial charge in [0.2, 0.25) is 0 Å². The van der Waals surface area contributed by atoms with Gasteiger partial charge in [0.05, 0.1) is 0 Å². The molecule has 1 heterocycles. The van der Waals surface area contributed by atoms with Crippen LogP contribution < -0.4 is 5.32 Å². The molecule has 1 unspecified atom stereocenters. The van der Waals surface area contributed by atoms with E-state index in [1.54, 1.807) is 6.20 Å². The number of nitrogens with zero attached hydrogens (tertiary/aromatic N) is 1. The fourth-order valence-electron chi connectivity index (χ4n) is 1.32. The van der Waals surface area contributed by atoms with Gasteiger partial charge in [-0.2, -0.15) is 0 Å². The van der Waals surface area contributed by atoms with Crippen LogP contribution in [0.1, 0.15) is 25.3 Å². The van der Waals surface area contributed by atoms with E-state index in [9.17, 15) is 0 Å². The van der Waals surface area contributed by atoms with Gasteiger partial charge < -0.3 is 5.32 Å². The molecule has 3 heteroatoms. The number of rotatable bonds is 5. The molecule has 1 aromatic rings. The lowest BCUT2D eigenvalue weighted by atomic mass is 10.1. The van der Waals surface area contributed by atoms with Crippen molar-refractivity contribution in [3.8, 4) is 12.3 Å². The van der Waals surface area contributed by atoms with E-state index in [1.807, 2.05) is 6.20 Å². The number of hydrogen-bond donors (Lipinski definition) is 1. The first-order valence-corrected chi connectivity index (χ1v) is 5.81. The van der Waals surface area contributed by atoms with Gasteiger partial charge in [-0.25, -0.2) is 0 Å². The molecule has 1 N–H and O–H groups in total. The Labute approximate surface area is 99.6 Å². The average molecular weight is 267 g/mol. The SMILES string of the molecule is C#CCC(CC)NCc1cncc(Br)c1. The van der Waals surface area contributed by atoms with E-state index in [2.05, 4.69) is 45.1 Å². The van der Waals surface area contributed by atoms with Crippen LogP contribution in [0.4, 0.5) is 0 Å². The van der Waals surface area contributed by atoms with E-state index in [0.29, 0.717) is 6.04 Å². The molecule has 15 heavy (non-hydrogen) atoms. The maximum absolute atomic E-state index is 5.29. The zero-order valence-electron chi connectivity index (χ0n) is 8.83. The predicted molar refractivity (Wildman–Crippen MR) is 66.3 cm³/mol. The molecule has 0 radical (unpaired) electrons. The van der Waals surface area contributed by atoms with Crippen molar-refractivity contribution in [3.63, 3.8) is 0 Å². The largest absolute Gasteiger partial charge is 0.309 e. The molecule has 1 atom stereocenters. The first-order chi connectivity index (χ1) is 7.26. The highest BCUT2D eigenvalue weighted by atomic mass is 79.9. The zero-order chi connectivity index (χ0) is 11.1. The number of halogens is 1. The van der Waals surface area contributed by atoms with Crippen molar-refractivity contribution in [2.24, 2.45) is 0 Å². The Morgan fingerprint density at radius 3 is 3.00 bits per heavy atom. The Balaban J connectivity index is 2.46. The lowest BCUT2D eigenvalue weighted by Gasteiger charge is -2.13. The van der Waals surface area contributed by atoms with Crippen LogP contribution in [-0.2, 0) is 6.54 Å². The summed E-state index contributed by atoms with van der Waals surface area (Å²) in [4.78, 5) is 4.11. The first kappa shape index (κ1) is 12.2. The second-order valence-electron chi connectivity index (χ2n) is 3.41. The van der Waals surface area contributed by atoms with Crippen molar-refractivity contribution in [1.29, 1.82) is 0 Å². The Hall–Kier alpha value is -0.850. The summed E-state index contributed by atoms with van der Waals surface area (Å²) in [5.41, 5.74) is 1.17. The van der Waals surface area contributed by atoms with Crippen molar-refractivity contribution in [3.05, 3.63) is 28.5 Å². The summed E-state index contributed by atoms with van der Waals surface area (Å²) >= 11 is 3.39. The standard InChI is InChI=1S/C12H15BrN2/c1-3-5-12(4-2)15-8-10-6-11(13)9-14-7-10/h1,6-7,9,12,15H,4-5,8H2,2H3. The molecule has 0 saturated heterocycles. The van der Waals surface area contributed by atoms with Gasteiger partial charge in [-0.05, 0) is 34.0 Å². The molecule has 0 fully saturated rings. The molecular weight excluding hydrogens is 252 g/mol. The van der Waals surface area contributed by atoms with Gasteiger partial charge in [-0.3, -0.25) is 4.98 Å². The second-order valence-corrected chi connectivity index (χ2v) is 4.32. The van der Waals surface area contributed by atoms with E-state index in [0.717, 1.165) is 23.9 Å². The Kier molecular flexibility index (Phi) is 5.38. The van der Waals surface area contributed by atoms with Crippen molar-refractivity contribution >= 4 is 15.9 Å². The minimum atomic E-state index is 0.397. The zero-order valence-corrected chi connectivity index (χ0v) is 10.4. The Morgan fingerprint density at radius 2 is 2.40 bits per heavy atom. The third-order valence-electron chi connectivity index (χ3n) is 2.21. The van der Waals surface area contributed by atoms with Crippen LogP contribution >= 0.6 is 15.9 Å². The number of hydrogen-bond acceptors (Lipinski definition) is 2. The molecule has 0 aliphatic heterocycles. The highest BCUT2D eigenvalue weighted by molar-refractivity contribution is 9.10. The number of aromatic nitrogens is 1. The normalized spacial score (nSPS) is 12.1. The smallest absolute Gasteiger partial charge is 0.0410 e. The highest BCUT2D eigenvalue weighted by Gasteiger charge is 2.03. The van der Waals surface area contributed by atoms with Crippen molar-refractivity contribution in [2.45, 2.75) is 32.4 Å². The van der Waals surface area contributed by atoms with Gasteiger partial charge >= 0.3 is 0 Å². The Morgan fingerprint density at radius 1 is 1.60 bits per heavy atom. The molecule has 0 bridgehead atoms. The van der Waals surface area contributed by atoms with E-state index < -0.39 is 0 Å². The van der Waals surface area contributed by atoms with Gasteiger partial charge in [0, 0.05) is 35.9 Å². The lowest BCUT2D eigenvalue weighted by molar-refractivity contribution is 0.506. The van der Waals surface area contributed by atoms with Gasteiger partial charge in [0.1, 0.15) is 0 Å². The fourth-order valence-corrected chi connectivity index (χ4v) is 1.73. The molecule has 80 valence electrons. The van der Waals surface area contributed by atoms with Crippen molar-refractivity contribution in [2.75, 3.05) is 0 Å². The summed E-state index contributed by atoms with van der Waals surface area (Å²) in [5, 5.41) is 3.41. The topological polar surface area (TPSA) is 24.9 Å². The molecule has 0 spiro atoms. The van der Waals surface area contributed by atoms with E-state index in [4.69, 9.17) is 6.42 Å². The van der Waals surface area contributed by atoms with Crippen LogP contribution in [0.25, 0.3) is 0 Å². The molecule has 1 rings (SSSR count). The number of nitrogens with one attached hydrogen (secondary N) is 1.